The minimum atomic E-state index is -0.369. The summed E-state index contributed by atoms with van der Waals surface area (Å²) in [5.41, 5.74) is 0. The molecule has 0 fully saturated rings. The number of rotatable bonds is 1. The molecule has 0 aromatic rings. The van der Waals surface area contributed by atoms with Crippen LogP contribution in [-0.2, 0) is 9.63 Å². The second-order valence-corrected chi connectivity index (χ2v) is 1.78. The molecule has 1 rings (SSSR count). The highest BCUT2D eigenvalue weighted by Gasteiger charge is 2.05. The van der Waals surface area contributed by atoms with Crippen LogP contribution in [0.4, 0.5) is 0 Å². The molecule has 1 N–H and O–H groups in total. The van der Waals surface area contributed by atoms with Crippen molar-refractivity contribution in [2.24, 2.45) is 10.4 Å². The zero-order chi connectivity index (χ0) is 7.40. The molecule has 0 aliphatic carbocycles. The van der Waals surface area contributed by atoms with E-state index in [0.29, 0.717) is 0 Å². The van der Waals surface area contributed by atoms with E-state index in [-0.39, 0.29) is 12.1 Å². The van der Waals surface area contributed by atoms with E-state index in [9.17, 15) is 4.79 Å². The summed E-state index contributed by atoms with van der Waals surface area (Å²) in [4.78, 5) is 14.8. The van der Waals surface area contributed by atoms with Crippen molar-refractivity contribution in [2.75, 3.05) is 0 Å². The Labute approximate surface area is 57.7 Å². The van der Waals surface area contributed by atoms with Gasteiger partial charge in [0.2, 0.25) is 5.91 Å². The number of hydrogen-bond acceptors (Lipinski definition) is 4. The molecule has 54 valence electrons. The first-order valence-corrected chi connectivity index (χ1v) is 2.79. The summed E-state index contributed by atoms with van der Waals surface area (Å²) in [5.74, 6) is -0.143. The zero-order valence-electron chi connectivity index (χ0n) is 5.44. The van der Waals surface area contributed by atoms with Crippen molar-refractivity contribution in [3.05, 3.63) is 12.3 Å². The van der Waals surface area contributed by atoms with E-state index in [1.165, 1.54) is 13.2 Å². The quantitative estimate of drug-likeness (QED) is 0.573. The van der Waals surface area contributed by atoms with Crippen LogP contribution >= 0.6 is 0 Å². The smallest absolute Gasteiger partial charge is 0.218 e. The van der Waals surface area contributed by atoms with Crippen LogP contribution in [0.1, 0.15) is 6.92 Å². The second kappa shape index (κ2) is 2.95. The highest BCUT2D eigenvalue weighted by atomic mass is 16.6. The molecule has 1 aliphatic heterocycles. The van der Waals surface area contributed by atoms with E-state index in [2.05, 4.69) is 20.5 Å². The first kappa shape index (κ1) is 6.73. The molecule has 5 heteroatoms. The number of carbonyl (C=O) groups excluding carboxylic acids is 1. The molecule has 1 unspecified atom stereocenters. The van der Waals surface area contributed by atoms with Crippen LogP contribution < -0.4 is 5.32 Å². The van der Waals surface area contributed by atoms with Crippen molar-refractivity contribution >= 4 is 5.91 Å². The maximum Gasteiger partial charge on any atom is 0.218 e. The van der Waals surface area contributed by atoms with Crippen LogP contribution in [0.3, 0.4) is 0 Å². The molecule has 0 radical (unpaired) electrons. The van der Waals surface area contributed by atoms with Gasteiger partial charge < -0.3 is 10.2 Å². The van der Waals surface area contributed by atoms with E-state index < -0.39 is 0 Å². The molecule has 0 spiro atoms. The Morgan fingerprint density at radius 1 is 1.80 bits per heavy atom. The summed E-state index contributed by atoms with van der Waals surface area (Å²) in [6.45, 7) is 1.42. The number of hydrogen-bond donors (Lipinski definition) is 1. The number of carbonyl (C=O) groups is 1. The third-order valence-electron chi connectivity index (χ3n) is 0.892. The van der Waals surface area contributed by atoms with Gasteiger partial charge in [0.05, 0.1) is 0 Å². The predicted octanol–water partition coefficient (Wildman–Crippen LogP) is 0.360. The van der Waals surface area contributed by atoms with Gasteiger partial charge in [-0.3, -0.25) is 4.79 Å². The summed E-state index contributed by atoms with van der Waals surface area (Å²) in [6, 6.07) is 0. The number of amides is 1. The highest BCUT2D eigenvalue weighted by Crippen LogP contribution is 1.98. The number of nitrogens with one attached hydrogen (secondary N) is 1. The van der Waals surface area contributed by atoms with Gasteiger partial charge in [-0.15, -0.1) is 5.11 Å². The lowest BCUT2D eigenvalue weighted by molar-refractivity contribution is -0.119. The van der Waals surface area contributed by atoms with Crippen LogP contribution in [0, 0.1) is 0 Å². The van der Waals surface area contributed by atoms with E-state index in [1.807, 2.05) is 0 Å². The summed E-state index contributed by atoms with van der Waals surface area (Å²) < 4.78 is 0. The van der Waals surface area contributed by atoms with Crippen molar-refractivity contribution in [3.8, 4) is 0 Å². The van der Waals surface area contributed by atoms with E-state index >= 15 is 0 Å². The standard InChI is InChI=1S/C5H7N3O2/c1-4(9)6-5-2-3-10-8-7-5/h2-3,5H,1H3,(H,6,9). The normalized spacial score (nSPS) is 21.9. The molecule has 1 heterocycles. The Morgan fingerprint density at radius 2 is 2.60 bits per heavy atom. The molecular weight excluding hydrogens is 134 g/mol. The van der Waals surface area contributed by atoms with Crippen molar-refractivity contribution in [1.29, 1.82) is 0 Å². The zero-order valence-corrected chi connectivity index (χ0v) is 5.44. The predicted molar refractivity (Wildman–Crippen MR) is 32.7 cm³/mol. The van der Waals surface area contributed by atoms with Crippen LogP contribution in [-0.4, -0.2) is 12.1 Å². The van der Waals surface area contributed by atoms with Crippen LogP contribution in [0.15, 0.2) is 22.7 Å². The minimum absolute atomic E-state index is 0.143. The average molecular weight is 141 g/mol. The van der Waals surface area contributed by atoms with Gasteiger partial charge in [0.15, 0.2) is 6.17 Å². The summed E-state index contributed by atoms with van der Waals surface area (Å²) in [5, 5.41) is 9.30. The van der Waals surface area contributed by atoms with Gasteiger partial charge in [-0.25, -0.2) is 0 Å². The minimum Gasteiger partial charge on any atom is -0.348 e. The van der Waals surface area contributed by atoms with Crippen molar-refractivity contribution in [3.63, 3.8) is 0 Å². The lowest BCUT2D eigenvalue weighted by Crippen LogP contribution is -2.30. The van der Waals surface area contributed by atoms with Crippen molar-refractivity contribution in [2.45, 2.75) is 13.1 Å². The van der Waals surface area contributed by atoms with Gasteiger partial charge >= 0.3 is 0 Å². The summed E-state index contributed by atoms with van der Waals surface area (Å²) >= 11 is 0. The molecule has 0 aromatic carbocycles. The van der Waals surface area contributed by atoms with Gasteiger partial charge in [0.25, 0.3) is 0 Å². The molecule has 0 saturated heterocycles. The van der Waals surface area contributed by atoms with E-state index in [0.717, 1.165) is 0 Å². The molecule has 0 aromatic heterocycles. The first-order valence-electron chi connectivity index (χ1n) is 2.79. The van der Waals surface area contributed by atoms with Gasteiger partial charge in [0.1, 0.15) is 6.26 Å². The third-order valence-corrected chi connectivity index (χ3v) is 0.892. The van der Waals surface area contributed by atoms with Crippen LogP contribution in [0.25, 0.3) is 0 Å². The molecule has 1 atom stereocenters. The molecule has 0 bridgehead atoms. The molecule has 0 saturated carbocycles. The average Bonchev–Trinajstić information content (AvgIpc) is 1.88. The Bertz CT molecular complexity index is 175. The molecular formula is C5H7N3O2. The lowest BCUT2D eigenvalue weighted by atomic mass is 10.4. The van der Waals surface area contributed by atoms with Gasteiger partial charge in [-0.2, -0.15) is 0 Å². The number of nitrogens with zero attached hydrogens (tertiary/aromatic N) is 2. The van der Waals surface area contributed by atoms with Crippen LogP contribution in [0.5, 0.6) is 0 Å². The summed E-state index contributed by atoms with van der Waals surface area (Å²) in [7, 11) is 0. The fourth-order valence-electron chi connectivity index (χ4n) is 0.539. The Hall–Kier alpha value is -1.39. The fraction of sp³-hybridized carbons (Fsp3) is 0.400. The van der Waals surface area contributed by atoms with Gasteiger partial charge in [-0.05, 0) is 6.08 Å². The lowest BCUT2D eigenvalue weighted by Gasteiger charge is -2.07. The SMILES string of the molecule is CC(=O)NC1C=CON=N1. The van der Waals surface area contributed by atoms with E-state index in [4.69, 9.17) is 0 Å². The van der Waals surface area contributed by atoms with Crippen molar-refractivity contribution in [1.82, 2.24) is 5.32 Å². The Kier molecular flexibility index (Phi) is 1.99. The topological polar surface area (TPSA) is 63.0 Å². The maximum absolute atomic E-state index is 10.4. The maximum atomic E-state index is 10.4. The second-order valence-electron chi connectivity index (χ2n) is 1.78. The third kappa shape index (κ3) is 1.85. The monoisotopic (exact) mass is 141 g/mol. The largest absolute Gasteiger partial charge is 0.348 e. The molecule has 1 amide bonds. The molecule has 10 heavy (non-hydrogen) atoms. The van der Waals surface area contributed by atoms with Crippen LogP contribution in [0.2, 0.25) is 0 Å². The highest BCUT2D eigenvalue weighted by molar-refractivity contribution is 5.73. The first-order chi connectivity index (χ1) is 4.79. The molecule has 1 aliphatic rings. The fourth-order valence-corrected chi connectivity index (χ4v) is 0.539. The Morgan fingerprint density at radius 3 is 3.10 bits per heavy atom. The van der Waals surface area contributed by atoms with E-state index in [1.54, 1.807) is 6.08 Å². The van der Waals surface area contributed by atoms with Gasteiger partial charge in [-0.1, -0.05) is 0 Å². The summed E-state index contributed by atoms with van der Waals surface area (Å²) in [6.07, 6.45) is 2.59. The molecule has 5 nitrogen and oxygen atoms in total. The Balaban J connectivity index is 2.40. The van der Waals surface area contributed by atoms with Gasteiger partial charge in [0, 0.05) is 12.2 Å². The van der Waals surface area contributed by atoms with Crippen molar-refractivity contribution < 1.29 is 9.63 Å².